The van der Waals surface area contributed by atoms with Crippen molar-refractivity contribution in [2.45, 2.75) is 52.4 Å². The highest BCUT2D eigenvalue weighted by Gasteiger charge is 2.22. The molecule has 0 aromatic heterocycles. The van der Waals surface area contributed by atoms with Crippen molar-refractivity contribution in [3.05, 3.63) is 0 Å². The fourth-order valence-corrected chi connectivity index (χ4v) is 2.41. The lowest BCUT2D eigenvalue weighted by Gasteiger charge is -2.30. The minimum absolute atomic E-state index is 0.761. The van der Waals surface area contributed by atoms with Gasteiger partial charge in [-0.1, -0.05) is 26.7 Å². The molecule has 1 rings (SSSR count). The Kier molecular flexibility index (Phi) is 4.28. The Balaban J connectivity index is 2.19. The largest absolute Gasteiger partial charge is 0.198 e. The van der Waals surface area contributed by atoms with Gasteiger partial charge in [0.2, 0.25) is 0 Å². The fourth-order valence-electron chi connectivity index (χ4n) is 2.41. The van der Waals surface area contributed by atoms with Crippen LogP contribution in [0.3, 0.4) is 0 Å². The van der Waals surface area contributed by atoms with Crippen LogP contribution in [0.2, 0.25) is 0 Å². The van der Waals surface area contributed by atoms with E-state index in [1.807, 2.05) is 0 Å². The smallest absolute Gasteiger partial charge is 0.0621 e. The normalized spacial score (nSPS) is 28.8. The third kappa shape index (κ3) is 3.38. The molecule has 74 valence electrons. The average Bonchev–Trinajstić information content (AvgIpc) is 2.15. The second-order valence-electron chi connectivity index (χ2n) is 4.72. The van der Waals surface area contributed by atoms with Gasteiger partial charge in [0.25, 0.3) is 0 Å². The van der Waals surface area contributed by atoms with E-state index in [1.165, 1.54) is 25.7 Å². The average molecular weight is 179 g/mol. The van der Waals surface area contributed by atoms with Crippen LogP contribution in [0.5, 0.6) is 0 Å². The number of hydrogen-bond acceptors (Lipinski definition) is 1. The molecule has 1 aliphatic rings. The topological polar surface area (TPSA) is 23.8 Å². The molecule has 0 aliphatic heterocycles. The molecular weight excluding hydrogens is 158 g/mol. The number of rotatable bonds is 3. The quantitative estimate of drug-likeness (QED) is 0.647. The Bertz CT molecular complexity index is 170. The van der Waals surface area contributed by atoms with Crippen LogP contribution < -0.4 is 0 Å². The molecule has 0 atom stereocenters. The highest BCUT2D eigenvalue weighted by molar-refractivity contribution is 4.78. The van der Waals surface area contributed by atoms with Gasteiger partial charge in [-0.25, -0.2) is 0 Å². The molecule has 0 N–H and O–H groups in total. The first-order chi connectivity index (χ1) is 6.24. The van der Waals surface area contributed by atoms with Crippen LogP contribution in [0, 0.1) is 29.1 Å². The van der Waals surface area contributed by atoms with Crippen molar-refractivity contribution in [1.29, 1.82) is 5.26 Å². The van der Waals surface area contributed by atoms with Gasteiger partial charge in [-0.05, 0) is 37.0 Å². The lowest BCUT2D eigenvalue weighted by Crippen LogP contribution is -2.18. The van der Waals surface area contributed by atoms with Gasteiger partial charge in [-0.3, -0.25) is 0 Å². The van der Waals surface area contributed by atoms with Crippen molar-refractivity contribution in [1.82, 2.24) is 0 Å². The zero-order valence-electron chi connectivity index (χ0n) is 8.92. The Morgan fingerprint density at radius 3 is 2.31 bits per heavy atom. The second kappa shape index (κ2) is 5.27. The van der Waals surface area contributed by atoms with Crippen LogP contribution in [0.1, 0.15) is 52.4 Å². The summed E-state index contributed by atoms with van der Waals surface area (Å²) in [6.07, 6.45) is 7.43. The van der Waals surface area contributed by atoms with E-state index < -0.39 is 0 Å². The summed E-state index contributed by atoms with van der Waals surface area (Å²) in [4.78, 5) is 0. The van der Waals surface area contributed by atoms with E-state index in [0.29, 0.717) is 0 Å². The Labute approximate surface area is 82.1 Å². The predicted octanol–water partition coefficient (Wildman–Crippen LogP) is 3.75. The Morgan fingerprint density at radius 2 is 1.85 bits per heavy atom. The maximum Gasteiger partial charge on any atom is 0.0621 e. The van der Waals surface area contributed by atoms with E-state index in [9.17, 15) is 0 Å². The molecule has 0 amide bonds. The van der Waals surface area contributed by atoms with Crippen LogP contribution in [-0.2, 0) is 0 Å². The summed E-state index contributed by atoms with van der Waals surface area (Å²) in [5.74, 6) is 2.67. The summed E-state index contributed by atoms with van der Waals surface area (Å²) in [7, 11) is 0. The third-order valence-corrected chi connectivity index (χ3v) is 3.50. The van der Waals surface area contributed by atoms with Crippen LogP contribution in [0.4, 0.5) is 0 Å². The van der Waals surface area contributed by atoms with Crippen LogP contribution >= 0.6 is 0 Å². The van der Waals surface area contributed by atoms with Gasteiger partial charge in [-0.2, -0.15) is 5.26 Å². The number of nitriles is 1. The molecule has 1 aliphatic carbocycles. The van der Waals surface area contributed by atoms with Crippen molar-refractivity contribution in [3.63, 3.8) is 0 Å². The summed E-state index contributed by atoms with van der Waals surface area (Å²) in [5, 5.41) is 8.49. The van der Waals surface area contributed by atoms with Crippen molar-refractivity contribution in [2.75, 3.05) is 0 Å². The molecule has 0 heterocycles. The minimum atomic E-state index is 0.761. The highest BCUT2D eigenvalue weighted by atomic mass is 14.3. The lowest BCUT2D eigenvalue weighted by atomic mass is 9.76. The highest BCUT2D eigenvalue weighted by Crippen LogP contribution is 2.34. The second-order valence-corrected chi connectivity index (χ2v) is 4.72. The van der Waals surface area contributed by atoms with Gasteiger partial charge in [0, 0.05) is 6.42 Å². The van der Waals surface area contributed by atoms with Gasteiger partial charge in [0.05, 0.1) is 6.07 Å². The summed E-state index contributed by atoms with van der Waals surface area (Å²) < 4.78 is 0. The summed E-state index contributed by atoms with van der Waals surface area (Å²) in [6.45, 7) is 4.67. The standard InChI is InChI=1S/C12H21N/c1-10(2)12-7-5-11(6-8-12)4-3-9-13/h10-12H,3-8H2,1-2H3. The molecular formula is C12H21N. The van der Waals surface area contributed by atoms with E-state index in [2.05, 4.69) is 19.9 Å². The molecule has 0 aromatic carbocycles. The summed E-state index contributed by atoms with van der Waals surface area (Å²) in [6, 6.07) is 2.25. The first-order valence-electron chi connectivity index (χ1n) is 5.61. The Hall–Kier alpha value is -0.510. The van der Waals surface area contributed by atoms with E-state index >= 15 is 0 Å². The summed E-state index contributed by atoms with van der Waals surface area (Å²) >= 11 is 0. The SMILES string of the molecule is CC(C)C1CCC(CCC#N)CC1. The van der Waals surface area contributed by atoms with Gasteiger partial charge in [0.15, 0.2) is 0 Å². The predicted molar refractivity (Wildman–Crippen MR) is 55.1 cm³/mol. The molecule has 1 saturated carbocycles. The van der Waals surface area contributed by atoms with Crippen LogP contribution in [0.25, 0.3) is 0 Å². The zero-order chi connectivity index (χ0) is 9.68. The van der Waals surface area contributed by atoms with Gasteiger partial charge < -0.3 is 0 Å². The van der Waals surface area contributed by atoms with Gasteiger partial charge in [0.1, 0.15) is 0 Å². The molecule has 1 heteroatoms. The maximum absolute atomic E-state index is 8.49. The molecule has 1 nitrogen and oxygen atoms in total. The van der Waals surface area contributed by atoms with E-state index in [1.54, 1.807) is 0 Å². The van der Waals surface area contributed by atoms with E-state index in [4.69, 9.17) is 5.26 Å². The van der Waals surface area contributed by atoms with E-state index in [0.717, 1.165) is 30.6 Å². The first-order valence-corrected chi connectivity index (χ1v) is 5.61. The van der Waals surface area contributed by atoms with Crippen LogP contribution in [-0.4, -0.2) is 0 Å². The maximum atomic E-state index is 8.49. The number of hydrogen-bond donors (Lipinski definition) is 0. The molecule has 0 bridgehead atoms. The summed E-state index contributed by atoms with van der Waals surface area (Å²) in [5.41, 5.74) is 0. The van der Waals surface area contributed by atoms with Crippen molar-refractivity contribution in [2.24, 2.45) is 17.8 Å². The Morgan fingerprint density at radius 1 is 1.23 bits per heavy atom. The fraction of sp³-hybridized carbons (Fsp3) is 0.917. The molecule has 0 unspecified atom stereocenters. The molecule has 0 saturated heterocycles. The molecule has 13 heavy (non-hydrogen) atoms. The van der Waals surface area contributed by atoms with Gasteiger partial charge in [-0.15, -0.1) is 0 Å². The third-order valence-electron chi connectivity index (χ3n) is 3.50. The molecule has 0 aromatic rings. The molecule has 0 radical (unpaired) electrons. The van der Waals surface area contributed by atoms with Crippen LogP contribution in [0.15, 0.2) is 0 Å². The zero-order valence-corrected chi connectivity index (χ0v) is 8.92. The monoisotopic (exact) mass is 179 g/mol. The van der Waals surface area contributed by atoms with Crippen molar-refractivity contribution < 1.29 is 0 Å². The minimum Gasteiger partial charge on any atom is -0.198 e. The number of nitrogens with zero attached hydrogens (tertiary/aromatic N) is 1. The van der Waals surface area contributed by atoms with Crippen molar-refractivity contribution >= 4 is 0 Å². The first kappa shape index (κ1) is 10.6. The molecule has 0 spiro atoms. The molecule has 1 fully saturated rings. The van der Waals surface area contributed by atoms with E-state index in [-0.39, 0.29) is 0 Å². The lowest BCUT2D eigenvalue weighted by molar-refractivity contribution is 0.218. The van der Waals surface area contributed by atoms with Crippen molar-refractivity contribution in [3.8, 4) is 6.07 Å². The van der Waals surface area contributed by atoms with Gasteiger partial charge >= 0.3 is 0 Å².